The van der Waals surface area contributed by atoms with Crippen molar-refractivity contribution in [2.24, 2.45) is 0 Å². The lowest BCUT2D eigenvalue weighted by atomic mass is 11.0. The van der Waals surface area contributed by atoms with Gasteiger partial charge in [-0.05, 0) is 0 Å². The van der Waals surface area contributed by atoms with E-state index in [-0.39, 0.29) is 0 Å². The van der Waals surface area contributed by atoms with Gasteiger partial charge in [0.15, 0.2) is 0 Å². The maximum absolute atomic E-state index is 3.97. The zero-order valence-electron chi connectivity index (χ0n) is 7.00. The zero-order chi connectivity index (χ0) is 8.32. The summed E-state index contributed by atoms with van der Waals surface area (Å²) in [4.78, 5) is 14.9. The second-order valence-electron chi connectivity index (χ2n) is 3.34. The molecule has 0 amide bonds. The van der Waals surface area contributed by atoms with Crippen molar-refractivity contribution in [2.75, 3.05) is 4.98 Å². The summed E-state index contributed by atoms with van der Waals surface area (Å²) < 4.78 is 0. The molecule has 60 valence electrons. The molecule has 0 spiro atoms. The number of aromatic nitrogens is 3. The van der Waals surface area contributed by atoms with Crippen LogP contribution in [0.2, 0.25) is 19.6 Å². The summed E-state index contributed by atoms with van der Waals surface area (Å²) >= 11 is 0. The van der Waals surface area contributed by atoms with Crippen LogP contribution in [-0.4, -0.2) is 23.2 Å². The minimum absolute atomic E-state index is 0.680. The van der Waals surface area contributed by atoms with Crippen molar-refractivity contribution in [3.63, 3.8) is 0 Å². The molecule has 0 atom stereocenters. The van der Waals surface area contributed by atoms with Gasteiger partial charge in [-0.15, -0.1) is 0 Å². The van der Waals surface area contributed by atoms with E-state index in [4.69, 9.17) is 0 Å². The van der Waals surface area contributed by atoms with E-state index in [0.717, 1.165) is 0 Å². The molecule has 0 bridgehead atoms. The highest BCUT2D eigenvalue weighted by atomic mass is 28.3. The molecule has 1 heterocycles. The third kappa shape index (κ3) is 3.08. The second-order valence-corrected chi connectivity index (χ2v) is 8.09. The van der Waals surface area contributed by atoms with Crippen molar-refractivity contribution in [3.8, 4) is 0 Å². The molecule has 0 saturated carbocycles. The van der Waals surface area contributed by atoms with Crippen molar-refractivity contribution in [1.82, 2.24) is 15.0 Å². The highest BCUT2D eigenvalue weighted by Crippen LogP contribution is 2.03. The molecule has 1 aromatic heterocycles. The fraction of sp³-hybridized carbons (Fsp3) is 0.500. The molecule has 1 aromatic rings. The summed E-state index contributed by atoms with van der Waals surface area (Å²) in [5.41, 5.74) is 0. The standard InChI is InChI=1S/C6H12N4Si/c1-11(2,3)10-6-8-4-7-5-9-6/h4-5H,1-3H3,(H,7,8,9,10). The largest absolute Gasteiger partial charge is 0.380 e. The summed E-state index contributed by atoms with van der Waals surface area (Å²) in [7, 11) is -1.30. The SMILES string of the molecule is C[Si](C)(C)Nc1ncncn1. The van der Waals surface area contributed by atoms with Crippen LogP contribution in [-0.2, 0) is 0 Å². The van der Waals surface area contributed by atoms with E-state index in [1.165, 1.54) is 12.7 Å². The lowest BCUT2D eigenvalue weighted by Gasteiger charge is -2.16. The van der Waals surface area contributed by atoms with E-state index < -0.39 is 8.24 Å². The molecule has 0 aromatic carbocycles. The molecule has 0 aliphatic heterocycles. The van der Waals surface area contributed by atoms with Crippen LogP contribution in [0.4, 0.5) is 5.95 Å². The Kier molecular flexibility index (Phi) is 2.18. The van der Waals surface area contributed by atoms with Crippen molar-refractivity contribution >= 4 is 14.2 Å². The zero-order valence-corrected chi connectivity index (χ0v) is 8.00. The molecule has 11 heavy (non-hydrogen) atoms. The predicted molar refractivity (Wildman–Crippen MR) is 46.8 cm³/mol. The van der Waals surface area contributed by atoms with Gasteiger partial charge in [0.1, 0.15) is 20.9 Å². The summed E-state index contributed by atoms with van der Waals surface area (Å²) in [5.74, 6) is 0.680. The van der Waals surface area contributed by atoms with Gasteiger partial charge in [0.25, 0.3) is 0 Å². The summed E-state index contributed by atoms with van der Waals surface area (Å²) in [6.07, 6.45) is 2.99. The first-order chi connectivity index (χ1) is 5.08. The van der Waals surface area contributed by atoms with E-state index in [1.54, 1.807) is 0 Å². The van der Waals surface area contributed by atoms with Gasteiger partial charge in [-0.1, -0.05) is 19.6 Å². The Hall–Kier alpha value is -0.973. The van der Waals surface area contributed by atoms with Crippen molar-refractivity contribution in [2.45, 2.75) is 19.6 Å². The molecule has 0 fully saturated rings. The first-order valence-corrected chi connectivity index (χ1v) is 6.98. The molecular formula is C6H12N4Si. The van der Waals surface area contributed by atoms with Crippen LogP contribution in [0.3, 0.4) is 0 Å². The monoisotopic (exact) mass is 168 g/mol. The van der Waals surface area contributed by atoms with Crippen LogP contribution in [0, 0.1) is 0 Å². The minimum Gasteiger partial charge on any atom is -0.380 e. The van der Waals surface area contributed by atoms with Gasteiger partial charge >= 0.3 is 0 Å². The third-order valence-electron chi connectivity index (χ3n) is 0.980. The van der Waals surface area contributed by atoms with Crippen LogP contribution >= 0.6 is 0 Å². The molecule has 0 aliphatic rings. The first kappa shape index (κ1) is 8.13. The summed E-state index contributed by atoms with van der Waals surface area (Å²) in [5, 5.41) is 0. The topological polar surface area (TPSA) is 50.7 Å². The quantitative estimate of drug-likeness (QED) is 0.672. The lowest BCUT2D eigenvalue weighted by molar-refractivity contribution is 1.06. The number of hydrogen-bond donors (Lipinski definition) is 1. The molecule has 5 heteroatoms. The second kappa shape index (κ2) is 2.96. The number of anilines is 1. The Bertz CT molecular complexity index is 218. The van der Waals surface area contributed by atoms with E-state index in [9.17, 15) is 0 Å². The van der Waals surface area contributed by atoms with Crippen LogP contribution in [0.15, 0.2) is 12.7 Å². The number of nitrogens with zero attached hydrogens (tertiary/aromatic N) is 3. The summed E-state index contributed by atoms with van der Waals surface area (Å²) in [6.45, 7) is 6.57. The van der Waals surface area contributed by atoms with Crippen LogP contribution in [0.25, 0.3) is 0 Å². The molecule has 0 radical (unpaired) electrons. The van der Waals surface area contributed by atoms with Crippen LogP contribution in [0.5, 0.6) is 0 Å². The third-order valence-corrected chi connectivity index (χ3v) is 1.95. The predicted octanol–water partition coefficient (Wildman–Crippen LogP) is 1.12. The number of rotatable bonds is 2. The smallest absolute Gasteiger partial charge is 0.217 e. The average Bonchev–Trinajstić information content (AvgIpc) is 1.85. The highest BCUT2D eigenvalue weighted by molar-refractivity contribution is 6.79. The van der Waals surface area contributed by atoms with Crippen LogP contribution < -0.4 is 4.98 Å². The van der Waals surface area contributed by atoms with Gasteiger partial charge in [-0.3, -0.25) is 0 Å². The fourth-order valence-corrected chi connectivity index (χ4v) is 1.44. The van der Waals surface area contributed by atoms with Gasteiger partial charge < -0.3 is 4.98 Å². The highest BCUT2D eigenvalue weighted by Gasteiger charge is 2.13. The first-order valence-electron chi connectivity index (χ1n) is 3.48. The maximum atomic E-state index is 3.97. The van der Waals surface area contributed by atoms with Crippen molar-refractivity contribution < 1.29 is 0 Å². The molecular weight excluding hydrogens is 156 g/mol. The van der Waals surface area contributed by atoms with E-state index >= 15 is 0 Å². The average molecular weight is 168 g/mol. The Morgan fingerprint density at radius 1 is 1.18 bits per heavy atom. The molecule has 0 unspecified atom stereocenters. The van der Waals surface area contributed by atoms with Crippen LogP contribution in [0.1, 0.15) is 0 Å². The Morgan fingerprint density at radius 2 is 1.73 bits per heavy atom. The molecule has 4 nitrogen and oxygen atoms in total. The molecule has 0 saturated heterocycles. The number of hydrogen-bond acceptors (Lipinski definition) is 4. The Morgan fingerprint density at radius 3 is 2.18 bits per heavy atom. The van der Waals surface area contributed by atoms with Gasteiger partial charge in [-0.2, -0.15) is 0 Å². The van der Waals surface area contributed by atoms with E-state index in [1.807, 2.05) is 0 Å². The van der Waals surface area contributed by atoms with Crippen molar-refractivity contribution in [1.29, 1.82) is 0 Å². The molecule has 0 aliphatic carbocycles. The van der Waals surface area contributed by atoms with Gasteiger partial charge in [0.05, 0.1) is 0 Å². The Labute approximate surface area is 67.2 Å². The number of nitrogens with one attached hydrogen (secondary N) is 1. The van der Waals surface area contributed by atoms with Gasteiger partial charge in [0.2, 0.25) is 5.95 Å². The lowest BCUT2D eigenvalue weighted by Crippen LogP contribution is -2.33. The molecule has 1 N–H and O–H groups in total. The summed E-state index contributed by atoms with van der Waals surface area (Å²) in [6, 6.07) is 0. The van der Waals surface area contributed by atoms with Gasteiger partial charge in [-0.25, -0.2) is 15.0 Å². The van der Waals surface area contributed by atoms with Gasteiger partial charge in [0, 0.05) is 0 Å². The Balaban J connectivity index is 2.66. The van der Waals surface area contributed by atoms with E-state index in [0.29, 0.717) is 5.95 Å². The molecule has 1 rings (SSSR count). The van der Waals surface area contributed by atoms with Crippen molar-refractivity contribution in [3.05, 3.63) is 12.7 Å². The fourth-order valence-electron chi connectivity index (χ4n) is 0.639. The normalized spacial score (nSPS) is 11.2. The van der Waals surface area contributed by atoms with E-state index in [2.05, 4.69) is 39.6 Å². The minimum atomic E-state index is -1.30. The maximum Gasteiger partial charge on any atom is 0.217 e.